The molecule has 0 saturated heterocycles. The Hall–Kier alpha value is -0.800. The number of rotatable bonds is 5. The van der Waals surface area contributed by atoms with Gasteiger partial charge in [-0.1, -0.05) is 6.92 Å². The number of furan rings is 1. The molecule has 1 aromatic rings. The van der Waals surface area contributed by atoms with Gasteiger partial charge in [-0.2, -0.15) is 0 Å². The van der Waals surface area contributed by atoms with E-state index in [2.05, 4.69) is 6.92 Å². The van der Waals surface area contributed by atoms with E-state index in [1.165, 1.54) is 0 Å². The lowest BCUT2D eigenvalue weighted by Crippen LogP contribution is -2.20. The Labute approximate surface area is 85.2 Å². The number of nitrogens with two attached hydrogens (primary N) is 1. The first-order chi connectivity index (χ1) is 6.67. The molecule has 2 unspecified atom stereocenters. The third-order valence-corrected chi connectivity index (χ3v) is 2.26. The van der Waals surface area contributed by atoms with Crippen molar-refractivity contribution in [3.63, 3.8) is 0 Å². The first kappa shape index (κ1) is 11.3. The highest BCUT2D eigenvalue weighted by Crippen LogP contribution is 2.21. The van der Waals surface area contributed by atoms with Gasteiger partial charge in [0.25, 0.3) is 0 Å². The molecule has 0 fully saturated rings. The summed E-state index contributed by atoms with van der Waals surface area (Å²) in [6.07, 6.45) is 1.09. The van der Waals surface area contributed by atoms with Gasteiger partial charge in [0, 0.05) is 6.54 Å². The molecule has 0 aliphatic carbocycles. The lowest BCUT2D eigenvalue weighted by atomic mass is 10.2. The second kappa shape index (κ2) is 5.17. The van der Waals surface area contributed by atoms with Crippen molar-refractivity contribution in [3.05, 3.63) is 23.7 Å². The maximum Gasteiger partial charge on any atom is 0.134 e. The number of aryl methyl sites for hydroxylation is 1. The molecule has 80 valence electrons. The van der Waals surface area contributed by atoms with Crippen LogP contribution in [0.25, 0.3) is 0 Å². The van der Waals surface area contributed by atoms with Gasteiger partial charge < -0.3 is 14.9 Å². The van der Waals surface area contributed by atoms with Crippen LogP contribution in [0, 0.1) is 6.92 Å². The van der Waals surface area contributed by atoms with Gasteiger partial charge >= 0.3 is 0 Å². The van der Waals surface area contributed by atoms with Gasteiger partial charge in [-0.3, -0.25) is 0 Å². The minimum Gasteiger partial charge on any atom is -0.464 e. The van der Waals surface area contributed by atoms with Crippen LogP contribution in [0.15, 0.2) is 16.5 Å². The van der Waals surface area contributed by atoms with Crippen molar-refractivity contribution in [3.8, 4) is 0 Å². The molecule has 3 nitrogen and oxygen atoms in total. The van der Waals surface area contributed by atoms with Crippen LogP contribution in [-0.4, -0.2) is 12.6 Å². The molecule has 1 heterocycles. The molecule has 0 aliphatic rings. The average molecular weight is 197 g/mol. The fraction of sp³-hybridized carbons (Fsp3) is 0.636. The van der Waals surface area contributed by atoms with Crippen LogP contribution >= 0.6 is 0 Å². The predicted octanol–water partition coefficient (Wildman–Crippen LogP) is 2.40. The Bertz CT molecular complexity index is 270. The van der Waals surface area contributed by atoms with Crippen LogP contribution in [0.2, 0.25) is 0 Å². The van der Waals surface area contributed by atoms with Gasteiger partial charge in [-0.05, 0) is 32.4 Å². The van der Waals surface area contributed by atoms with Crippen molar-refractivity contribution in [2.24, 2.45) is 5.73 Å². The van der Waals surface area contributed by atoms with Crippen LogP contribution in [0.5, 0.6) is 0 Å². The second-order valence-corrected chi connectivity index (χ2v) is 3.53. The molecule has 0 spiro atoms. The van der Waals surface area contributed by atoms with Gasteiger partial charge in [-0.15, -0.1) is 0 Å². The summed E-state index contributed by atoms with van der Waals surface area (Å²) in [6.45, 7) is 6.50. The molecule has 3 heteroatoms. The van der Waals surface area contributed by atoms with Crippen molar-refractivity contribution < 1.29 is 9.15 Å². The largest absolute Gasteiger partial charge is 0.464 e. The monoisotopic (exact) mass is 197 g/mol. The quantitative estimate of drug-likeness (QED) is 0.788. The smallest absolute Gasteiger partial charge is 0.134 e. The van der Waals surface area contributed by atoms with Gasteiger partial charge in [0.15, 0.2) is 0 Å². The number of ether oxygens (including phenoxy) is 1. The number of hydrogen-bond donors (Lipinski definition) is 1. The fourth-order valence-electron chi connectivity index (χ4n) is 1.24. The van der Waals surface area contributed by atoms with Crippen molar-refractivity contribution in [2.75, 3.05) is 6.54 Å². The van der Waals surface area contributed by atoms with Gasteiger partial charge in [0.1, 0.15) is 17.6 Å². The van der Waals surface area contributed by atoms with E-state index in [0.717, 1.165) is 17.9 Å². The molecule has 0 aromatic carbocycles. The minimum absolute atomic E-state index is 0.112. The Balaban J connectivity index is 2.62. The molecule has 0 amide bonds. The minimum atomic E-state index is -0.112. The Morgan fingerprint density at radius 3 is 2.64 bits per heavy atom. The van der Waals surface area contributed by atoms with Crippen molar-refractivity contribution >= 4 is 0 Å². The molecular weight excluding hydrogens is 178 g/mol. The van der Waals surface area contributed by atoms with Gasteiger partial charge in [-0.25, -0.2) is 0 Å². The molecule has 0 bridgehead atoms. The van der Waals surface area contributed by atoms with E-state index in [0.29, 0.717) is 6.54 Å². The van der Waals surface area contributed by atoms with Crippen LogP contribution in [0.3, 0.4) is 0 Å². The molecule has 1 aromatic heterocycles. The van der Waals surface area contributed by atoms with E-state index in [1.54, 1.807) is 0 Å². The maximum absolute atomic E-state index is 5.73. The van der Waals surface area contributed by atoms with E-state index >= 15 is 0 Å². The summed E-state index contributed by atoms with van der Waals surface area (Å²) in [7, 11) is 0. The first-order valence-corrected chi connectivity index (χ1v) is 5.09. The Morgan fingerprint density at radius 2 is 2.21 bits per heavy atom. The predicted molar refractivity (Wildman–Crippen MR) is 56.1 cm³/mol. The van der Waals surface area contributed by atoms with E-state index in [1.807, 2.05) is 26.0 Å². The zero-order valence-corrected chi connectivity index (χ0v) is 9.12. The summed E-state index contributed by atoms with van der Waals surface area (Å²) in [4.78, 5) is 0. The van der Waals surface area contributed by atoms with Crippen LogP contribution < -0.4 is 5.73 Å². The van der Waals surface area contributed by atoms with E-state index in [4.69, 9.17) is 14.9 Å². The summed E-state index contributed by atoms with van der Waals surface area (Å²) in [5.41, 5.74) is 5.63. The summed E-state index contributed by atoms with van der Waals surface area (Å²) in [6, 6.07) is 3.85. The zero-order valence-electron chi connectivity index (χ0n) is 9.12. The third kappa shape index (κ3) is 2.86. The lowest BCUT2D eigenvalue weighted by Gasteiger charge is -2.18. The molecule has 0 aliphatic heterocycles. The first-order valence-electron chi connectivity index (χ1n) is 5.09. The topological polar surface area (TPSA) is 48.4 Å². The normalized spacial score (nSPS) is 15.4. The molecule has 0 saturated carbocycles. The van der Waals surface area contributed by atoms with Crippen molar-refractivity contribution in [1.29, 1.82) is 0 Å². The fourth-order valence-corrected chi connectivity index (χ4v) is 1.24. The lowest BCUT2D eigenvalue weighted by molar-refractivity contribution is -0.0114. The third-order valence-electron chi connectivity index (χ3n) is 2.26. The highest BCUT2D eigenvalue weighted by molar-refractivity contribution is 5.08. The van der Waals surface area contributed by atoms with Gasteiger partial charge in [0.2, 0.25) is 0 Å². The van der Waals surface area contributed by atoms with Crippen molar-refractivity contribution in [2.45, 2.75) is 39.4 Å². The highest BCUT2D eigenvalue weighted by atomic mass is 16.5. The van der Waals surface area contributed by atoms with Gasteiger partial charge in [0.05, 0.1) is 6.10 Å². The maximum atomic E-state index is 5.73. The number of hydrogen-bond acceptors (Lipinski definition) is 3. The van der Waals surface area contributed by atoms with E-state index < -0.39 is 0 Å². The molecule has 2 N–H and O–H groups in total. The Morgan fingerprint density at radius 1 is 1.50 bits per heavy atom. The van der Waals surface area contributed by atoms with E-state index in [9.17, 15) is 0 Å². The molecule has 14 heavy (non-hydrogen) atoms. The van der Waals surface area contributed by atoms with Crippen molar-refractivity contribution in [1.82, 2.24) is 0 Å². The van der Waals surface area contributed by atoms with Crippen LogP contribution in [-0.2, 0) is 4.74 Å². The summed E-state index contributed by atoms with van der Waals surface area (Å²) < 4.78 is 11.2. The summed E-state index contributed by atoms with van der Waals surface area (Å²) in [5.74, 6) is 1.72. The van der Waals surface area contributed by atoms with Crippen LogP contribution in [0.4, 0.5) is 0 Å². The molecular formula is C11H19NO2. The second-order valence-electron chi connectivity index (χ2n) is 3.53. The summed E-state index contributed by atoms with van der Waals surface area (Å²) >= 11 is 0. The Kier molecular flexibility index (Phi) is 4.17. The SMILES string of the molecule is CCC(C)OC(CN)c1ccc(C)o1. The zero-order chi connectivity index (χ0) is 10.6. The van der Waals surface area contributed by atoms with Crippen LogP contribution in [0.1, 0.15) is 37.9 Å². The average Bonchev–Trinajstić information content (AvgIpc) is 2.60. The van der Waals surface area contributed by atoms with E-state index in [-0.39, 0.29) is 12.2 Å². The highest BCUT2D eigenvalue weighted by Gasteiger charge is 2.16. The standard InChI is InChI=1S/C11H19NO2/c1-4-8(2)13-11(7-12)10-6-5-9(3)14-10/h5-6,8,11H,4,7,12H2,1-3H3. The molecule has 1 rings (SSSR count). The molecule has 0 radical (unpaired) electrons. The molecule has 2 atom stereocenters. The summed E-state index contributed by atoms with van der Waals surface area (Å²) in [5, 5.41) is 0.